The Morgan fingerprint density at radius 3 is 2.81 bits per heavy atom. The van der Waals surface area contributed by atoms with Crippen molar-refractivity contribution in [2.75, 3.05) is 31.2 Å². The number of benzene rings is 1. The van der Waals surface area contributed by atoms with Gasteiger partial charge in [-0.05, 0) is 18.6 Å². The number of carbonyl (C=O) groups excluding carboxylic acids is 2. The number of morpholine rings is 1. The van der Waals surface area contributed by atoms with Crippen molar-refractivity contribution in [1.82, 2.24) is 10.6 Å². The second kappa shape index (κ2) is 8.77. The minimum absolute atomic E-state index is 0. The maximum atomic E-state index is 12.5. The highest BCUT2D eigenvalue weighted by Gasteiger charge is 2.36. The van der Waals surface area contributed by atoms with Crippen LogP contribution >= 0.6 is 12.4 Å². The number of nitrogens with one attached hydrogen (secondary N) is 2. The highest BCUT2D eigenvalue weighted by atomic mass is 35.5. The van der Waals surface area contributed by atoms with Crippen molar-refractivity contribution in [3.8, 4) is 5.75 Å². The molecule has 2 atom stereocenters. The van der Waals surface area contributed by atoms with Gasteiger partial charge in [0.25, 0.3) is 0 Å². The van der Waals surface area contributed by atoms with E-state index in [0.717, 1.165) is 12.1 Å². The molecule has 2 aliphatic rings. The van der Waals surface area contributed by atoms with Crippen molar-refractivity contribution < 1.29 is 32.2 Å². The van der Waals surface area contributed by atoms with Crippen LogP contribution in [-0.4, -0.2) is 56.6 Å². The van der Waals surface area contributed by atoms with Crippen LogP contribution in [0.15, 0.2) is 24.3 Å². The quantitative estimate of drug-likeness (QED) is 0.781. The predicted octanol–water partition coefficient (Wildman–Crippen LogP) is 1.22. The molecule has 1 aromatic carbocycles. The third-order valence-corrected chi connectivity index (χ3v) is 4.12. The summed E-state index contributed by atoms with van der Waals surface area (Å²) in [6.07, 6.45) is -4.44. The van der Waals surface area contributed by atoms with Gasteiger partial charge in [0.1, 0.15) is 17.8 Å². The minimum atomic E-state index is -4.81. The summed E-state index contributed by atoms with van der Waals surface area (Å²) in [7, 11) is 0. The molecule has 11 heteroatoms. The van der Waals surface area contributed by atoms with Crippen LogP contribution in [-0.2, 0) is 14.3 Å². The zero-order valence-corrected chi connectivity index (χ0v) is 14.9. The van der Waals surface area contributed by atoms with Crippen molar-refractivity contribution in [2.45, 2.75) is 24.9 Å². The third-order valence-electron chi connectivity index (χ3n) is 4.12. The smallest absolute Gasteiger partial charge is 0.406 e. The Balaban J connectivity index is 0.00000261. The first-order chi connectivity index (χ1) is 12.3. The lowest BCUT2D eigenvalue weighted by Crippen LogP contribution is -2.54. The largest absolute Gasteiger partial charge is 0.573 e. The minimum Gasteiger partial charge on any atom is -0.406 e. The maximum Gasteiger partial charge on any atom is 0.573 e. The van der Waals surface area contributed by atoms with Gasteiger partial charge in [-0.15, -0.1) is 25.6 Å². The Morgan fingerprint density at radius 2 is 2.15 bits per heavy atom. The maximum absolute atomic E-state index is 12.5. The molecule has 7 nitrogen and oxygen atoms in total. The summed E-state index contributed by atoms with van der Waals surface area (Å²) < 4.78 is 46.1. The van der Waals surface area contributed by atoms with E-state index < -0.39 is 24.2 Å². The molecule has 0 aliphatic carbocycles. The fraction of sp³-hybridized carbons (Fsp3) is 0.500. The van der Waals surface area contributed by atoms with Crippen molar-refractivity contribution in [2.24, 2.45) is 0 Å². The first kappa shape index (κ1) is 21.3. The van der Waals surface area contributed by atoms with E-state index in [1.165, 1.54) is 17.0 Å². The summed E-state index contributed by atoms with van der Waals surface area (Å²) in [5, 5.41) is 5.66. The molecule has 150 valence electrons. The molecule has 1 aromatic rings. The molecule has 27 heavy (non-hydrogen) atoms. The van der Waals surface area contributed by atoms with Crippen LogP contribution in [0.4, 0.5) is 18.9 Å². The van der Waals surface area contributed by atoms with Gasteiger partial charge < -0.3 is 25.0 Å². The molecule has 2 amide bonds. The number of alkyl halides is 3. The molecule has 2 saturated heterocycles. The predicted molar refractivity (Wildman–Crippen MR) is 91.9 cm³/mol. The summed E-state index contributed by atoms with van der Waals surface area (Å²) in [4.78, 5) is 26.0. The van der Waals surface area contributed by atoms with Crippen LogP contribution in [0.2, 0.25) is 0 Å². The monoisotopic (exact) mass is 409 g/mol. The van der Waals surface area contributed by atoms with Crippen LogP contribution < -0.4 is 20.3 Å². The summed E-state index contributed by atoms with van der Waals surface area (Å²) in [5.74, 6) is -1.11. The number of rotatable bonds is 4. The fourth-order valence-corrected chi connectivity index (χ4v) is 2.92. The zero-order chi connectivity index (χ0) is 18.7. The van der Waals surface area contributed by atoms with E-state index in [9.17, 15) is 22.8 Å². The van der Waals surface area contributed by atoms with Gasteiger partial charge in [0.15, 0.2) is 0 Å². The van der Waals surface area contributed by atoms with Crippen LogP contribution in [0, 0.1) is 0 Å². The first-order valence-corrected chi connectivity index (χ1v) is 8.12. The molecular formula is C16H19ClF3N3O4. The highest BCUT2D eigenvalue weighted by molar-refractivity contribution is 6.01. The van der Waals surface area contributed by atoms with E-state index in [1.54, 1.807) is 0 Å². The summed E-state index contributed by atoms with van der Waals surface area (Å²) in [5.41, 5.74) is 0.285. The van der Waals surface area contributed by atoms with Gasteiger partial charge in [-0.3, -0.25) is 9.59 Å². The van der Waals surface area contributed by atoms with Crippen molar-refractivity contribution in [3.05, 3.63) is 24.3 Å². The summed E-state index contributed by atoms with van der Waals surface area (Å²) >= 11 is 0. The fourth-order valence-electron chi connectivity index (χ4n) is 2.92. The van der Waals surface area contributed by atoms with Gasteiger partial charge in [0.2, 0.25) is 11.8 Å². The second-order valence-electron chi connectivity index (χ2n) is 5.97. The average Bonchev–Trinajstić information content (AvgIpc) is 2.95. The zero-order valence-electron chi connectivity index (χ0n) is 14.1. The SMILES string of the molecule is Cl.O=C(NC1CCN(c2cccc(OC(F)(F)F)c2)C1=O)C1COCCN1. The molecule has 0 saturated carbocycles. The molecule has 0 aromatic heterocycles. The van der Waals surface area contributed by atoms with Crippen molar-refractivity contribution in [1.29, 1.82) is 0 Å². The normalized spacial score (nSPS) is 22.9. The van der Waals surface area contributed by atoms with Crippen molar-refractivity contribution >= 4 is 29.9 Å². The lowest BCUT2D eigenvalue weighted by molar-refractivity contribution is -0.274. The number of hydrogen-bond donors (Lipinski definition) is 2. The van der Waals surface area contributed by atoms with Crippen LogP contribution in [0.5, 0.6) is 5.75 Å². The van der Waals surface area contributed by atoms with Gasteiger partial charge in [-0.1, -0.05) is 6.07 Å². The van der Waals surface area contributed by atoms with Crippen LogP contribution in [0.3, 0.4) is 0 Å². The molecule has 0 spiro atoms. The number of halogens is 4. The Labute approximate surface area is 159 Å². The van der Waals surface area contributed by atoms with Gasteiger partial charge in [0, 0.05) is 24.8 Å². The van der Waals surface area contributed by atoms with Gasteiger partial charge >= 0.3 is 6.36 Å². The second-order valence-corrected chi connectivity index (χ2v) is 5.97. The molecule has 2 unspecified atom stereocenters. The van der Waals surface area contributed by atoms with Gasteiger partial charge in [0.05, 0.1) is 13.2 Å². The standard InChI is InChI=1S/C16H18F3N3O4.ClH/c17-16(18,19)26-11-3-1-2-10(8-11)22-6-4-12(15(22)24)21-14(23)13-9-25-7-5-20-13;/h1-3,8,12-13,20H,4-7,9H2,(H,21,23);1H. The molecule has 0 bridgehead atoms. The molecular weight excluding hydrogens is 391 g/mol. The van der Waals surface area contributed by atoms with E-state index in [-0.39, 0.29) is 43.1 Å². The molecule has 2 N–H and O–H groups in total. The highest BCUT2D eigenvalue weighted by Crippen LogP contribution is 2.29. The number of ether oxygens (including phenoxy) is 2. The lowest BCUT2D eigenvalue weighted by Gasteiger charge is -2.24. The number of nitrogens with zero attached hydrogens (tertiary/aromatic N) is 1. The summed E-state index contributed by atoms with van der Waals surface area (Å²) in [6, 6.07) is 3.95. The van der Waals surface area contributed by atoms with E-state index >= 15 is 0 Å². The molecule has 0 radical (unpaired) electrons. The number of hydrogen-bond acceptors (Lipinski definition) is 5. The molecule has 2 aliphatic heterocycles. The van der Waals surface area contributed by atoms with Crippen molar-refractivity contribution in [3.63, 3.8) is 0 Å². The van der Waals surface area contributed by atoms with Crippen LogP contribution in [0.25, 0.3) is 0 Å². The molecule has 3 rings (SSSR count). The molecule has 2 fully saturated rings. The summed E-state index contributed by atoms with van der Waals surface area (Å²) in [6.45, 7) is 1.59. The van der Waals surface area contributed by atoms with E-state index in [2.05, 4.69) is 15.4 Å². The van der Waals surface area contributed by atoms with E-state index in [1.807, 2.05) is 0 Å². The van der Waals surface area contributed by atoms with E-state index in [0.29, 0.717) is 19.6 Å². The van der Waals surface area contributed by atoms with Crippen LogP contribution in [0.1, 0.15) is 6.42 Å². The Bertz CT molecular complexity index is 683. The topological polar surface area (TPSA) is 79.9 Å². The average molecular weight is 410 g/mol. The number of carbonyl (C=O) groups is 2. The number of amides is 2. The Kier molecular flexibility index (Phi) is 6.90. The van der Waals surface area contributed by atoms with E-state index in [4.69, 9.17) is 4.74 Å². The Hall–Kier alpha value is -2.04. The Morgan fingerprint density at radius 1 is 1.37 bits per heavy atom. The number of anilines is 1. The third kappa shape index (κ3) is 5.47. The first-order valence-electron chi connectivity index (χ1n) is 8.12. The van der Waals surface area contributed by atoms with Gasteiger partial charge in [-0.2, -0.15) is 0 Å². The molecule has 2 heterocycles. The van der Waals surface area contributed by atoms with Gasteiger partial charge in [-0.25, -0.2) is 0 Å². The lowest BCUT2D eigenvalue weighted by atomic mass is 10.2.